The molecule has 3 aromatic rings. The van der Waals surface area contributed by atoms with Gasteiger partial charge in [-0.2, -0.15) is 10.4 Å². The summed E-state index contributed by atoms with van der Waals surface area (Å²) in [5.41, 5.74) is 1.93. The average Bonchev–Trinajstić information content (AvgIpc) is 3.38. The van der Waals surface area contributed by atoms with E-state index in [4.69, 9.17) is 0 Å². The number of fused-ring (bicyclic) bond motifs is 1. The molecule has 1 aliphatic heterocycles. The van der Waals surface area contributed by atoms with E-state index in [2.05, 4.69) is 30.8 Å². The Morgan fingerprint density at radius 2 is 2.11 bits per heavy atom. The smallest absolute Gasteiger partial charge is 0.213 e. The van der Waals surface area contributed by atoms with Gasteiger partial charge in [0.25, 0.3) is 0 Å². The van der Waals surface area contributed by atoms with Crippen LogP contribution < -0.4 is 0 Å². The highest BCUT2D eigenvalue weighted by Crippen LogP contribution is 2.36. The van der Waals surface area contributed by atoms with Crippen molar-refractivity contribution in [1.82, 2.24) is 29.0 Å². The zero-order chi connectivity index (χ0) is 19.8. The number of rotatable bonds is 5. The van der Waals surface area contributed by atoms with Gasteiger partial charge in [-0.15, -0.1) is 0 Å². The fourth-order valence-electron chi connectivity index (χ4n) is 3.86. The summed E-state index contributed by atoms with van der Waals surface area (Å²) in [4.78, 5) is 8.56. The Balaban J connectivity index is 1.66. The normalized spacial score (nSPS) is 17.6. The van der Waals surface area contributed by atoms with Crippen LogP contribution in [0, 0.1) is 11.3 Å². The van der Waals surface area contributed by atoms with Gasteiger partial charge in [-0.25, -0.2) is 22.7 Å². The molecule has 0 radical (unpaired) electrons. The number of aromatic nitrogens is 5. The Morgan fingerprint density at radius 3 is 2.82 bits per heavy atom. The van der Waals surface area contributed by atoms with E-state index in [1.807, 2.05) is 18.5 Å². The largest absolute Gasteiger partial charge is 0.346 e. The van der Waals surface area contributed by atoms with E-state index in [-0.39, 0.29) is 5.75 Å². The second-order valence-corrected chi connectivity index (χ2v) is 9.28. The Hall–Kier alpha value is -2.77. The summed E-state index contributed by atoms with van der Waals surface area (Å²) in [6.07, 6.45) is 8.64. The van der Waals surface area contributed by atoms with Crippen molar-refractivity contribution in [2.75, 3.05) is 18.8 Å². The van der Waals surface area contributed by atoms with Gasteiger partial charge in [-0.05, 0) is 25.8 Å². The highest BCUT2D eigenvalue weighted by atomic mass is 32.2. The minimum atomic E-state index is -3.21. The highest BCUT2D eigenvalue weighted by Gasteiger charge is 2.38. The van der Waals surface area contributed by atoms with Crippen LogP contribution in [0.4, 0.5) is 0 Å². The highest BCUT2D eigenvalue weighted by molar-refractivity contribution is 7.89. The Bertz CT molecular complexity index is 1130. The summed E-state index contributed by atoms with van der Waals surface area (Å²) in [5.74, 6) is 0.0975. The molecule has 1 saturated heterocycles. The van der Waals surface area contributed by atoms with Crippen LogP contribution in [0.1, 0.15) is 26.2 Å². The van der Waals surface area contributed by atoms with E-state index >= 15 is 0 Å². The first kappa shape index (κ1) is 18.6. The van der Waals surface area contributed by atoms with Crippen molar-refractivity contribution in [3.8, 4) is 17.3 Å². The van der Waals surface area contributed by atoms with Gasteiger partial charge in [0.2, 0.25) is 10.0 Å². The van der Waals surface area contributed by atoms with E-state index in [1.54, 1.807) is 13.1 Å². The number of sulfonamides is 1. The van der Waals surface area contributed by atoms with Gasteiger partial charge in [-0.3, -0.25) is 5.10 Å². The first-order chi connectivity index (χ1) is 13.5. The molecule has 0 atom stereocenters. The third kappa shape index (κ3) is 3.06. The van der Waals surface area contributed by atoms with E-state index in [9.17, 15) is 13.7 Å². The summed E-state index contributed by atoms with van der Waals surface area (Å²) in [6, 6.07) is 4.25. The van der Waals surface area contributed by atoms with Crippen LogP contribution in [0.5, 0.6) is 0 Å². The number of piperidine rings is 1. The molecule has 4 rings (SSSR count). The molecule has 1 aliphatic rings. The van der Waals surface area contributed by atoms with E-state index in [0.717, 1.165) is 16.6 Å². The molecule has 146 valence electrons. The van der Waals surface area contributed by atoms with Gasteiger partial charge in [0, 0.05) is 31.0 Å². The van der Waals surface area contributed by atoms with Crippen LogP contribution >= 0.6 is 0 Å². The molecule has 10 heteroatoms. The molecule has 4 heterocycles. The maximum absolute atomic E-state index is 12.2. The quantitative estimate of drug-likeness (QED) is 0.699. The fraction of sp³-hybridized carbons (Fsp3) is 0.444. The molecular formula is C18H21N7O2S. The van der Waals surface area contributed by atoms with E-state index in [1.165, 1.54) is 10.6 Å². The van der Waals surface area contributed by atoms with Crippen molar-refractivity contribution in [2.24, 2.45) is 0 Å². The Labute approximate surface area is 163 Å². The third-order valence-corrected chi connectivity index (χ3v) is 7.46. The van der Waals surface area contributed by atoms with Crippen LogP contribution in [0.3, 0.4) is 0 Å². The fourth-order valence-corrected chi connectivity index (χ4v) is 4.97. The molecule has 0 amide bonds. The monoisotopic (exact) mass is 399 g/mol. The van der Waals surface area contributed by atoms with Crippen molar-refractivity contribution in [2.45, 2.75) is 31.7 Å². The van der Waals surface area contributed by atoms with E-state index < -0.39 is 15.6 Å². The third-order valence-electron chi connectivity index (χ3n) is 5.58. The molecule has 3 aromatic heterocycles. The summed E-state index contributed by atoms with van der Waals surface area (Å²) in [7, 11) is -3.21. The topological polar surface area (TPSA) is 121 Å². The lowest BCUT2D eigenvalue weighted by atomic mass is 9.85. The second-order valence-electron chi connectivity index (χ2n) is 7.02. The second kappa shape index (κ2) is 7.00. The molecule has 1 N–H and O–H groups in total. The molecule has 0 spiro atoms. The minimum absolute atomic E-state index is 0.0975. The van der Waals surface area contributed by atoms with Crippen LogP contribution in [-0.4, -0.2) is 56.3 Å². The predicted octanol–water partition coefficient (Wildman–Crippen LogP) is 1.88. The van der Waals surface area contributed by atoms with Crippen molar-refractivity contribution < 1.29 is 8.42 Å². The number of aromatic amines is 1. The van der Waals surface area contributed by atoms with Crippen LogP contribution in [0.2, 0.25) is 0 Å². The number of nitrogens with one attached hydrogen (secondary N) is 1. The molecule has 28 heavy (non-hydrogen) atoms. The first-order valence-electron chi connectivity index (χ1n) is 9.17. The summed E-state index contributed by atoms with van der Waals surface area (Å²) < 4.78 is 27.9. The molecule has 0 bridgehead atoms. The predicted molar refractivity (Wildman–Crippen MR) is 104 cm³/mol. The summed E-state index contributed by atoms with van der Waals surface area (Å²) >= 11 is 0. The van der Waals surface area contributed by atoms with Crippen LogP contribution in [0.15, 0.2) is 31.0 Å². The Morgan fingerprint density at radius 1 is 1.32 bits per heavy atom. The van der Waals surface area contributed by atoms with Crippen molar-refractivity contribution >= 4 is 21.1 Å². The molecule has 1 fully saturated rings. The number of hydrogen-bond donors (Lipinski definition) is 1. The van der Waals surface area contributed by atoms with Crippen LogP contribution in [-0.2, 0) is 15.6 Å². The van der Waals surface area contributed by atoms with E-state index in [0.29, 0.717) is 38.0 Å². The van der Waals surface area contributed by atoms with Crippen molar-refractivity contribution in [1.29, 1.82) is 5.26 Å². The zero-order valence-corrected chi connectivity index (χ0v) is 16.4. The standard InChI is InChI=1S/C18H21N7O2S/c1-2-28(26,27)25-9-5-18(4-7-19,6-10-25)24-8-3-14(12-24)16-15-11-22-23-17(15)21-13-20-16/h3,8,11-13H,2,4-6,9-10H2,1H3,(H,20,21,22,23). The number of nitriles is 1. The minimum Gasteiger partial charge on any atom is -0.346 e. The average molecular weight is 399 g/mol. The van der Waals surface area contributed by atoms with Gasteiger partial charge in [0.15, 0.2) is 5.65 Å². The summed E-state index contributed by atoms with van der Waals surface area (Å²) in [5, 5.41) is 17.1. The molecule has 0 saturated carbocycles. The van der Waals surface area contributed by atoms with Crippen molar-refractivity contribution in [3.05, 3.63) is 31.0 Å². The van der Waals surface area contributed by atoms with Crippen LogP contribution in [0.25, 0.3) is 22.3 Å². The number of hydrogen-bond acceptors (Lipinski definition) is 6. The van der Waals surface area contributed by atoms with Gasteiger partial charge in [0.1, 0.15) is 6.33 Å². The van der Waals surface area contributed by atoms with Gasteiger partial charge >= 0.3 is 0 Å². The molecule has 0 unspecified atom stereocenters. The maximum atomic E-state index is 12.2. The molecule has 0 aromatic carbocycles. The molecular weight excluding hydrogens is 378 g/mol. The molecule has 0 aliphatic carbocycles. The number of H-pyrrole nitrogens is 1. The first-order valence-corrected chi connectivity index (χ1v) is 10.8. The summed E-state index contributed by atoms with van der Waals surface area (Å²) in [6.45, 7) is 2.50. The lowest BCUT2D eigenvalue weighted by molar-refractivity contribution is 0.163. The zero-order valence-electron chi connectivity index (χ0n) is 15.5. The Kier molecular flexibility index (Phi) is 4.64. The lowest BCUT2D eigenvalue weighted by Gasteiger charge is -2.41. The molecule has 9 nitrogen and oxygen atoms in total. The lowest BCUT2D eigenvalue weighted by Crippen LogP contribution is -2.48. The van der Waals surface area contributed by atoms with Gasteiger partial charge in [-0.1, -0.05) is 0 Å². The van der Waals surface area contributed by atoms with Crippen molar-refractivity contribution in [3.63, 3.8) is 0 Å². The number of nitrogens with zero attached hydrogens (tertiary/aromatic N) is 6. The SMILES string of the molecule is CCS(=O)(=O)N1CCC(CC#N)(n2ccc(-c3ncnc4[nH]ncc34)c2)CC1. The van der Waals surface area contributed by atoms with Gasteiger partial charge in [0.05, 0.1) is 41.1 Å². The van der Waals surface area contributed by atoms with Gasteiger partial charge < -0.3 is 4.57 Å². The maximum Gasteiger partial charge on any atom is 0.213 e.